The molecule has 9 heavy (non-hydrogen) atoms. The van der Waals surface area contributed by atoms with Crippen LogP contribution in [0.15, 0.2) is 30.3 Å². The predicted molar refractivity (Wildman–Crippen MR) is 40.8 cm³/mol. The quantitative estimate of drug-likeness (QED) is 0.423. The molecule has 1 atom stereocenters. The molecular formula is C7H6ClNa. The van der Waals surface area contributed by atoms with Crippen molar-refractivity contribution in [2.24, 2.45) is 0 Å². The molecule has 1 aromatic carbocycles. The Labute approximate surface area is 77.6 Å². The summed E-state index contributed by atoms with van der Waals surface area (Å²) in [6, 6.07) is 10.2. The number of benzene rings is 1. The molecule has 0 N–H and O–H groups in total. The van der Waals surface area contributed by atoms with E-state index in [1.807, 2.05) is 18.2 Å². The molecule has 0 aliphatic rings. The molecule has 1 unspecified atom stereocenters. The Morgan fingerprint density at radius 3 is 2.11 bits per heavy atom. The van der Waals surface area contributed by atoms with Gasteiger partial charge in [0.2, 0.25) is 0 Å². The van der Waals surface area contributed by atoms with Gasteiger partial charge in [0.05, 0.1) is 0 Å². The molecule has 0 saturated heterocycles. The van der Waals surface area contributed by atoms with E-state index in [9.17, 15) is 0 Å². The molecule has 0 aliphatic carbocycles. The number of alkyl halides is 1. The van der Waals surface area contributed by atoms with Gasteiger partial charge in [-0.05, 0) is 0 Å². The van der Waals surface area contributed by atoms with Gasteiger partial charge in [-0.1, -0.05) is 0 Å². The second-order valence-corrected chi connectivity index (χ2v) is 4.57. The molecule has 0 amide bonds. The molecule has 0 aromatic heterocycles. The van der Waals surface area contributed by atoms with Gasteiger partial charge in [-0.25, -0.2) is 0 Å². The van der Waals surface area contributed by atoms with Crippen LogP contribution in [0.25, 0.3) is 0 Å². The van der Waals surface area contributed by atoms with Gasteiger partial charge in [-0.2, -0.15) is 0 Å². The summed E-state index contributed by atoms with van der Waals surface area (Å²) in [7, 11) is 0. The average molecular weight is 149 g/mol. The van der Waals surface area contributed by atoms with Crippen molar-refractivity contribution in [3.05, 3.63) is 35.9 Å². The fraction of sp³-hybridized carbons (Fsp3) is 0.143. The first kappa shape index (κ1) is 7.62. The molecule has 0 fully saturated rings. The van der Waals surface area contributed by atoms with Crippen LogP contribution in [0, 0.1) is 0 Å². The summed E-state index contributed by atoms with van der Waals surface area (Å²) >= 11 is 6.89. The Morgan fingerprint density at radius 1 is 1.22 bits per heavy atom. The van der Waals surface area contributed by atoms with E-state index in [1.165, 1.54) is 5.56 Å². The number of rotatable bonds is 1. The molecule has 0 spiro atoms. The van der Waals surface area contributed by atoms with Gasteiger partial charge < -0.3 is 0 Å². The summed E-state index contributed by atoms with van der Waals surface area (Å²) in [5, 5.41) is 0. The van der Waals surface area contributed by atoms with Crippen molar-refractivity contribution in [3.63, 3.8) is 0 Å². The predicted octanol–water partition coefficient (Wildman–Crippen LogP) is 2.09. The van der Waals surface area contributed by atoms with Crippen molar-refractivity contribution in [2.75, 3.05) is 0 Å². The van der Waals surface area contributed by atoms with Crippen LogP contribution in [0.5, 0.6) is 0 Å². The molecule has 0 bridgehead atoms. The fourth-order valence-electron chi connectivity index (χ4n) is 0.718. The van der Waals surface area contributed by atoms with Crippen LogP contribution in [-0.4, -0.2) is 27.9 Å². The van der Waals surface area contributed by atoms with Crippen molar-refractivity contribution in [2.45, 2.75) is 2.63 Å². The Balaban J connectivity index is 2.85. The van der Waals surface area contributed by atoms with Crippen molar-refractivity contribution >= 4 is 39.5 Å². The van der Waals surface area contributed by atoms with Crippen molar-refractivity contribution < 1.29 is 0 Å². The first-order chi connectivity index (χ1) is 4.30. The number of hydrogen-bond acceptors (Lipinski definition) is 0. The molecule has 2 heteroatoms. The summed E-state index contributed by atoms with van der Waals surface area (Å²) in [6.45, 7) is 0. The zero-order chi connectivity index (χ0) is 6.69. The van der Waals surface area contributed by atoms with Gasteiger partial charge in [0.15, 0.2) is 0 Å². The van der Waals surface area contributed by atoms with Crippen LogP contribution in [-0.2, 0) is 0 Å². The first-order valence-electron chi connectivity index (χ1n) is 2.99. The van der Waals surface area contributed by atoms with Crippen LogP contribution >= 0.6 is 11.6 Å². The van der Waals surface area contributed by atoms with E-state index in [1.54, 1.807) is 0 Å². The average Bonchev–Trinajstić information content (AvgIpc) is 1.90. The SMILES string of the molecule is [Na][CH](Cl)c1ccccc1. The van der Waals surface area contributed by atoms with E-state index in [-0.39, 0.29) is 2.63 Å². The second-order valence-electron chi connectivity index (χ2n) is 2.03. The van der Waals surface area contributed by atoms with E-state index in [2.05, 4.69) is 12.1 Å². The Morgan fingerprint density at radius 2 is 1.78 bits per heavy atom. The van der Waals surface area contributed by atoms with Crippen molar-refractivity contribution in [1.29, 1.82) is 0 Å². The minimum atomic E-state index is 0.270. The summed E-state index contributed by atoms with van der Waals surface area (Å²) in [5.74, 6) is 0. The molecule has 1 rings (SSSR count). The summed E-state index contributed by atoms with van der Waals surface area (Å²) < 4.78 is 0.270. The molecule has 0 heterocycles. The van der Waals surface area contributed by atoms with E-state index in [0.717, 1.165) is 27.9 Å². The maximum atomic E-state index is 5.86. The zero-order valence-corrected chi connectivity index (χ0v) is 8.10. The summed E-state index contributed by atoms with van der Waals surface area (Å²) in [5.41, 5.74) is 1.24. The Kier molecular flexibility index (Phi) is 3.07. The number of halogens is 1. The summed E-state index contributed by atoms with van der Waals surface area (Å²) in [4.78, 5) is 0. The van der Waals surface area contributed by atoms with Gasteiger partial charge in [0.25, 0.3) is 0 Å². The second kappa shape index (κ2) is 3.62. The van der Waals surface area contributed by atoms with Gasteiger partial charge >= 0.3 is 78.1 Å². The van der Waals surface area contributed by atoms with Gasteiger partial charge in [0.1, 0.15) is 0 Å². The molecular weight excluding hydrogens is 143 g/mol. The van der Waals surface area contributed by atoms with Crippen LogP contribution in [0.3, 0.4) is 0 Å². The van der Waals surface area contributed by atoms with Crippen molar-refractivity contribution in [3.8, 4) is 0 Å². The molecule has 0 aliphatic heterocycles. The van der Waals surface area contributed by atoms with Gasteiger partial charge in [-0.3, -0.25) is 0 Å². The van der Waals surface area contributed by atoms with E-state index in [4.69, 9.17) is 11.6 Å². The molecule has 1 aromatic rings. The van der Waals surface area contributed by atoms with Gasteiger partial charge in [-0.15, -0.1) is 0 Å². The zero-order valence-electron chi connectivity index (χ0n) is 5.34. The maximum absolute atomic E-state index is 5.86. The molecule has 0 radical (unpaired) electrons. The van der Waals surface area contributed by atoms with Crippen molar-refractivity contribution in [1.82, 2.24) is 0 Å². The van der Waals surface area contributed by atoms with Crippen LogP contribution in [0.2, 0.25) is 0 Å². The summed E-state index contributed by atoms with van der Waals surface area (Å²) in [6.07, 6.45) is 0. The first-order valence-corrected chi connectivity index (χ1v) is 4.59. The molecule has 42 valence electrons. The topological polar surface area (TPSA) is 0 Å². The molecule has 0 nitrogen and oxygen atoms in total. The molecule has 0 saturated carbocycles. The third-order valence-electron chi connectivity index (χ3n) is 1.26. The number of hydrogen-bond donors (Lipinski definition) is 0. The van der Waals surface area contributed by atoms with E-state index < -0.39 is 0 Å². The monoisotopic (exact) mass is 148 g/mol. The minimum absolute atomic E-state index is 0.270. The van der Waals surface area contributed by atoms with Crippen LogP contribution < -0.4 is 0 Å². The Bertz CT molecular complexity index is 172. The van der Waals surface area contributed by atoms with Crippen LogP contribution in [0.4, 0.5) is 0 Å². The standard InChI is InChI=1S/C7H6Cl.Na/c8-6-7-4-2-1-3-5-7;/h1-6H;. The normalized spacial score (nSPS) is 13.2. The third kappa shape index (κ3) is 2.30. The van der Waals surface area contributed by atoms with Crippen LogP contribution in [0.1, 0.15) is 8.19 Å². The van der Waals surface area contributed by atoms with E-state index >= 15 is 0 Å². The van der Waals surface area contributed by atoms with E-state index in [0.29, 0.717) is 0 Å². The Hall–Kier alpha value is 0.510. The third-order valence-corrected chi connectivity index (χ3v) is 2.18. The fourth-order valence-corrected chi connectivity index (χ4v) is 1.25. The van der Waals surface area contributed by atoms with Gasteiger partial charge in [0, 0.05) is 0 Å².